The summed E-state index contributed by atoms with van der Waals surface area (Å²) in [7, 11) is 0. The summed E-state index contributed by atoms with van der Waals surface area (Å²) in [6.45, 7) is 2.19. The molecular weight excluding hydrogens is 305 g/mol. The van der Waals surface area contributed by atoms with Crippen LogP contribution in [0.4, 0.5) is 4.39 Å². The summed E-state index contributed by atoms with van der Waals surface area (Å²) in [4.78, 5) is 22.9. The molecule has 0 radical (unpaired) electrons. The fraction of sp³-hybridized carbons (Fsp3) is 0.267. The van der Waals surface area contributed by atoms with Gasteiger partial charge in [-0.05, 0) is 26.0 Å². The lowest BCUT2D eigenvalue weighted by atomic mass is 10.1. The van der Waals surface area contributed by atoms with E-state index in [0.29, 0.717) is 5.69 Å². The van der Waals surface area contributed by atoms with Crippen molar-refractivity contribution in [2.24, 2.45) is 0 Å². The van der Waals surface area contributed by atoms with Gasteiger partial charge in [0.2, 0.25) is 0 Å². The van der Waals surface area contributed by atoms with Crippen molar-refractivity contribution in [1.29, 1.82) is 0 Å². The fourth-order valence-corrected chi connectivity index (χ4v) is 1.92. The molecule has 23 heavy (non-hydrogen) atoms. The smallest absolute Gasteiger partial charge is 0.337 e. The third kappa shape index (κ3) is 3.37. The molecule has 0 aliphatic carbocycles. The van der Waals surface area contributed by atoms with E-state index in [9.17, 15) is 19.1 Å². The van der Waals surface area contributed by atoms with Crippen molar-refractivity contribution in [1.82, 2.24) is 15.1 Å². The van der Waals surface area contributed by atoms with E-state index >= 15 is 0 Å². The van der Waals surface area contributed by atoms with Gasteiger partial charge in [0.1, 0.15) is 11.5 Å². The van der Waals surface area contributed by atoms with E-state index in [1.807, 2.05) is 0 Å². The number of carbonyl (C=O) groups excluding carboxylic acids is 1. The number of hydrogen-bond donors (Lipinski definition) is 3. The van der Waals surface area contributed by atoms with Crippen molar-refractivity contribution in [2.75, 3.05) is 6.54 Å². The average Bonchev–Trinajstić information content (AvgIpc) is 2.87. The van der Waals surface area contributed by atoms with Crippen LogP contribution in [0.5, 0.6) is 0 Å². The van der Waals surface area contributed by atoms with Gasteiger partial charge in [-0.2, -0.15) is 5.10 Å². The van der Waals surface area contributed by atoms with Crippen molar-refractivity contribution in [3.63, 3.8) is 0 Å². The second-order valence-electron chi connectivity index (χ2n) is 5.27. The van der Waals surface area contributed by atoms with Gasteiger partial charge in [0.05, 0.1) is 24.0 Å². The molecule has 8 heteroatoms. The number of nitrogens with zero attached hydrogens (tertiary/aromatic N) is 2. The molecular formula is C15H16FN3O4. The third-order valence-corrected chi connectivity index (χ3v) is 3.39. The topological polar surface area (TPSA) is 104 Å². The maximum Gasteiger partial charge on any atom is 0.337 e. The van der Waals surface area contributed by atoms with Crippen molar-refractivity contribution in [3.8, 4) is 5.69 Å². The second kappa shape index (κ2) is 6.17. The van der Waals surface area contributed by atoms with Crippen LogP contribution in [0.15, 0.2) is 30.5 Å². The van der Waals surface area contributed by atoms with Crippen LogP contribution >= 0.6 is 0 Å². The first-order valence-corrected chi connectivity index (χ1v) is 6.77. The van der Waals surface area contributed by atoms with E-state index in [0.717, 1.165) is 6.92 Å². The lowest BCUT2D eigenvalue weighted by Gasteiger charge is -2.18. The number of aliphatic hydroxyl groups is 1. The van der Waals surface area contributed by atoms with Gasteiger partial charge in [0.15, 0.2) is 5.60 Å². The number of carbonyl (C=O) groups is 2. The number of para-hydroxylation sites is 1. The molecule has 0 aliphatic heterocycles. The van der Waals surface area contributed by atoms with Gasteiger partial charge in [-0.1, -0.05) is 12.1 Å². The van der Waals surface area contributed by atoms with E-state index < -0.39 is 29.8 Å². The number of rotatable bonds is 5. The third-order valence-electron chi connectivity index (χ3n) is 3.39. The highest BCUT2D eigenvalue weighted by molar-refractivity contribution is 5.95. The van der Waals surface area contributed by atoms with E-state index in [1.165, 1.54) is 23.0 Å². The lowest BCUT2D eigenvalue weighted by Crippen LogP contribution is -2.46. The molecule has 1 heterocycles. The van der Waals surface area contributed by atoms with Crippen LogP contribution in [-0.2, 0) is 4.79 Å². The van der Waals surface area contributed by atoms with Crippen LogP contribution in [0.3, 0.4) is 0 Å². The molecule has 2 aromatic rings. The Labute approximate surface area is 131 Å². The molecule has 1 atom stereocenters. The van der Waals surface area contributed by atoms with Crippen molar-refractivity contribution in [3.05, 3.63) is 47.5 Å². The van der Waals surface area contributed by atoms with Gasteiger partial charge in [-0.25, -0.2) is 13.9 Å². The molecule has 0 aliphatic rings. The summed E-state index contributed by atoms with van der Waals surface area (Å²) in [5, 5.41) is 24.7. The average molecular weight is 321 g/mol. The normalized spacial score (nSPS) is 13.4. The van der Waals surface area contributed by atoms with Crippen LogP contribution in [0.1, 0.15) is 23.0 Å². The van der Waals surface area contributed by atoms with E-state index in [1.54, 1.807) is 19.1 Å². The molecule has 1 amide bonds. The maximum absolute atomic E-state index is 13.8. The number of nitrogens with one attached hydrogen (secondary N) is 1. The summed E-state index contributed by atoms with van der Waals surface area (Å²) in [5.41, 5.74) is -1.33. The molecule has 1 aromatic heterocycles. The molecule has 1 aromatic carbocycles. The summed E-state index contributed by atoms with van der Waals surface area (Å²) < 4.78 is 15.1. The largest absolute Gasteiger partial charge is 0.479 e. The van der Waals surface area contributed by atoms with Crippen LogP contribution in [0, 0.1) is 12.7 Å². The molecule has 0 saturated heterocycles. The standard InChI is InChI=1S/C15H16FN3O4/c1-9-10(13(20)17-8-15(2,23)14(21)22)7-18-19(9)12-6-4-3-5-11(12)16/h3-7,23H,8H2,1-2H3,(H,17,20)(H,21,22). The lowest BCUT2D eigenvalue weighted by molar-refractivity contribution is -0.155. The SMILES string of the molecule is Cc1c(C(=O)NCC(C)(O)C(=O)O)cnn1-c1ccccc1F. The number of aliphatic carboxylic acids is 1. The first kappa shape index (κ1) is 16.6. The van der Waals surface area contributed by atoms with E-state index in [-0.39, 0.29) is 11.3 Å². The minimum Gasteiger partial charge on any atom is -0.479 e. The van der Waals surface area contributed by atoms with Crippen LogP contribution in [0.2, 0.25) is 0 Å². The Balaban J connectivity index is 2.21. The molecule has 0 spiro atoms. The minimum atomic E-state index is -2.08. The number of carboxylic acid groups (broad SMARTS) is 1. The molecule has 0 bridgehead atoms. The van der Waals surface area contributed by atoms with Gasteiger partial charge >= 0.3 is 5.97 Å². The molecule has 0 saturated carbocycles. The van der Waals surface area contributed by atoms with Gasteiger partial charge in [-0.3, -0.25) is 4.79 Å². The zero-order chi connectivity index (χ0) is 17.2. The monoisotopic (exact) mass is 321 g/mol. The summed E-state index contributed by atoms with van der Waals surface area (Å²) in [6.07, 6.45) is 1.26. The van der Waals surface area contributed by atoms with E-state index in [4.69, 9.17) is 5.11 Å². The van der Waals surface area contributed by atoms with Crippen LogP contribution in [-0.4, -0.2) is 44.0 Å². The Morgan fingerprint density at radius 3 is 2.65 bits per heavy atom. The molecule has 7 nitrogen and oxygen atoms in total. The predicted molar refractivity (Wildman–Crippen MR) is 78.9 cm³/mol. The zero-order valence-corrected chi connectivity index (χ0v) is 12.6. The minimum absolute atomic E-state index is 0.162. The zero-order valence-electron chi connectivity index (χ0n) is 12.6. The number of aromatic nitrogens is 2. The highest BCUT2D eigenvalue weighted by Gasteiger charge is 2.30. The number of amides is 1. The highest BCUT2D eigenvalue weighted by atomic mass is 19.1. The molecule has 122 valence electrons. The van der Waals surface area contributed by atoms with E-state index in [2.05, 4.69) is 10.4 Å². The van der Waals surface area contributed by atoms with Gasteiger partial charge in [0.25, 0.3) is 5.91 Å². The van der Waals surface area contributed by atoms with Crippen molar-refractivity contribution in [2.45, 2.75) is 19.4 Å². The van der Waals surface area contributed by atoms with Crippen LogP contribution < -0.4 is 5.32 Å². The predicted octanol–water partition coefficient (Wildman–Crippen LogP) is 0.885. The quantitative estimate of drug-likeness (QED) is 0.758. The Morgan fingerprint density at radius 1 is 1.39 bits per heavy atom. The summed E-state index contributed by atoms with van der Waals surface area (Å²) >= 11 is 0. The van der Waals surface area contributed by atoms with Gasteiger partial charge in [-0.15, -0.1) is 0 Å². The highest BCUT2D eigenvalue weighted by Crippen LogP contribution is 2.17. The Morgan fingerprint density at radius 2 is 2.04 bits per heavy atom. The number of hydrogen-bond acceptors (Lipinski definition) is 4. The molecule has 0 fully saturated rings. The second-order valence-corrected chi connectivity index (χ2v) is 5.27. The number of halogens is 1. The van der Waals surface area contributed by atoms with Crippen molar-refractivity contribution >= 4 is 11.9 Å². The summed E-state index contributed by atoms with van der Waals surface area (Å²) in [6, 6.07) is 5.98. The molecule has 3 N–H and O–H groups in total. The Hall–Kier alpha value is -2.74. The maximum atomic E-state index is 13.8. The first-order chi connectivity index (χ1) is 10.7. The van der Waals surface area contributed by atoms with Gasteiger partial charge in [0, 0.05) is 0 Å². The summed E-state index contributed by atoms with van der Waals surface area (Å²) in [5.74, 6) is -2.54. The first-order valence-electron chi connectivity index (χ1n) is 6.77. The van der Waals surface area contributed by atoms with Crippen molar-refractivity contribution < 1.29 is 24.2 Å². The van der Waals surface area contributed by atoms with Crippen LogP contribution in [0.25, 0.3) is 5.69 Å². The number of benzene rings is 1. The fourth-order valence-electron chi connectivity index (χ4n) is 1.92. The molecule has 2 rings (SSSR count). The van der Waals surface area contributed by atoms with Gasteiger partial charge < -0.3 is 15.5 Å². The molecule has 1 unspecified atom stereocenters. The Kier molecular flexibility index (Phi) is 4.46. The number of carboxylic acids is 1. The Bertz CT molecular complexity index is 755.